The van der Waals surface area contributed by atoms with E-state index in [4.69, 9.17) is 4.74 Å². The molecule has 1 aromatic rings. The lowest BCUT2D eigenvalue weighted by Crippen LogP contribution is -2.28. The number of amides is 1. The molecule has 1 aromatic carbocycles. The highest BCUT2D eigenvalue weighted by atomic mass is 19.1. The van der Waals surface area contributed by atoms with Crippen molar-refractivity contribution < 1.29 is 13.9 Å². The van der Waals surface area contributed by atoms with Gasteiger partial charge in [0.05, 0.1) is 12.2 Å². The monoisotopic (exact) mass is 253 g/mol. The molecule has 0 fully saturated rings. The molecule has 3 nitrogen and oxygen atoms in total. The zero-order chi connectivity index (χ0) is 13.5. The Hall–Kier alpha value is -1.42. The highest BCUT2D eigenvalue weighted by Gasteiger charge is 2.10. The first-order valence-electron chi connectivity index (χ1n) is 6.12. The van der Waals surface area contributed by atoms with Gasteiger partial charge in [-0.25, -0.2) is 4.39 Å². The van der Waals surface area contributed by atoms with E-state index in [-0.39, 0.29) is 5.56 Å². The fraction of sp³-hybridized carbons (Fsp3) is 0.500. The number of ether oxygens (including phenoxy) is 1. The van der Waals surface area contributed by atoms with Crippen LogP contribution in [-0.4, -0.2) is 25.7 Å². The van der Waals surface area contributed by atoms with Gasteiger partial charge >= 0.3 is 0 Å². The first-order chi connectivity index (χ1) is 8.50. The largest absolute Gasteiger partial charge is 0.379 e. The number of aryl methyl sites for hydroxylation is 1. The van der Waals surface area contributed by atoms with Crippen LogP contribution in [-0.2, 0) is 4.74 Å². The van der Waals surface area contributed by atoms with Crippen LogP contribution in [0.3, 0.4) is 0 Å². The lowest BCUT2D eigenvalue weighted by molar-refractivity contribution is 0.0883. The Morgan fingerprint density at radius 2 is 2.17 bits per heavy atom. The Kier molecular flexibility index (Phi) is 5.78. The number of rotatable bonds is 6. The van der Waals surface area contributed by atoms with Crippen molar-refractivity contribution in [3.8, 4) is 0 Å². The summed E-state index contributed by atoms with van der Waals surface area (Å²) in [6, 6.07) is 4.48. The van der Waals surface area contributed by atoms with Gasteiger partial charge in [0.25, 0.3) is 5.91 Å². The molecule has 0 saturated heterocycles. The molecule has 0 unspecified atom stereocenters. The molecule has 0 bridgehead atoms. The summed E-state index contributed by atoms with van der Waals surface area (Å²) in [4.78, 5) is 11.7. The van der Waals surface area contributed by atoms with Crippen molar-refractivity contribution in [1.29, 1.82) is 0 Å². The molecule has 0 heterocycles. The van der Waals surface area contributed by atoms with Crippen LogP contribution in [0.25, 0.3) is 0 Å². The molecule has 18 heavy (non-hydrogen) atoms. The molecular formula is C14H20FNO2. The maximum absolute atomic E-state index is 13.4. The Morgan fingerprint density at radius 3 is 2.83 bits per heavy atom. The number of hydrogen-bond acceptors (Lipinski definition) is 2. The van der Waals surface area contributed by atoms with Gasteiger partial charge in [-0.05, 0) is 25.0 Å². The van der Waals surface area contributed by atoms with Crippen molar-refractivity contribution in [2.45, 2.75) is 20.8 Å². The standard InChI is InChI=1S/C14H20FNO2/c1-10(2)9-18-7-6-16-14(17)12-8-11(3)4-5-13(12)15/h4-5,8,10H,6-7,9H2,1-3H3,(H,16,17). The van der Waals surface area contributed by atoms with Crippen LogP contribution >= 0.6 is 0 Å². The summed E-state index contributed by atoms with van der Waals surface area (Å²) in [7, 11) is 0. The molecule has 100 valence electrons. The van der Waals surface area contributed by atoms with Crippen LogP contribution in [0.15, 0.2) is 18.2 Å². The summed E-state index contributed by atoms with van der Waals surface area (Å²) in [5.41, 5.74) is 0.941. The number of halogens is 1. The predicted molar refractivity (Wildman–Crippen MR) is 69.1 cm³/mol. The van der Waals surface area contributed by atoms with E-state index in [0.29, 0.717) is 25.7 Å². The molecule has 1 N–H and O–H groups in total. The number of benzene rings is 1. The van der Waals surface area contributed by atoms with Gasteiger partial charge in [-0.1, -0.05) is 25.5 Å². The maximum atomic E-state index is 13.4. The second-order valence-corrected chi connectivity index (χ2v) is 4.71. The number of hydrogen-bond donors (Lipinski definition) is 1. The number of carbonyl (C=O) groups excluding carboxylic acids is 1. The zero-order valence-electron chi connectivity index (χ0n) is 11.1. The van der Waals surface area contributed by atoms with Crippen LogP contribution in [0, 0.1) is 18.7 Å². The maximum Gasteiger partial charge on any atom is 0.254 e. The summed E-state index contributed by atoms with van der Waals surface area (Å²) < 4.78 is 18.7. The van der Waals surface area contributed by atoms with Gasteiger partial charge in [0.2, 0.25) is 0 Å². The first-order valence-corrected chi connectivity index (χ1v) is 6.12. The molecule has 0 radical (unpaired) electrons. The van der Waals surface area contributed by atoms with E-state index in [2.05, 4.69) is 19.2 Å². The molecule has 0 spiro atoms. The predicted octanol–water partition coefficient (Wildman–Crippen LogP) is 2.54. The normalized spacial score (nSPS) is 10.7. The Bertz CT molecular complexity index is 405. The minimum atomic E-state index is -0.499. The summed E-state index contributed by atoms with van der Waals surface area (Å²) in [6.07, 6.45) is 0. The Balaban J connectivity index is 2.39. The van der Waals surface area contributed by atoms with Crippen LogP contribution < -0.4 is 5.32 Å². The van der Waals surface area contributed by atoms with Crippen LogP contribution in [0.5, 0.6) is 0 Å². The van der Waals surface area contributed by atoms with E-state index in [1.165, 1.54) is 6.07 Å². The minimum absolute atomic E-state index is 0.0823. The van der Waals surface area contributed by atoms with Gasteiger partial charge in [-0.3, -0.25) is 4.79 Å². The van der Waals surface area contributed by atoms with Crippen molar-refractivity contribution in [1.82, 2.24) is 5.32 Å². The second-order valence-electron chi connectivity index (χ2n) is 4.71. The number of nitrogens with one attached hydrogen (secondary N) is 1. The van der Waals surface area contributed by atoms with Crippen molar-refractivity contribution in [2.75, 3.05) is 19.8 Å². The number of carbonyl (C=O) groups is 1. The van der Waals surface area contributed by atoms with Gasteiger partial charge in [0.15, 0.2) is 0 Å². The summed E-state index contributed by atoms with van der Waals surface area (Å²) in [5.74, 6) is -0.430. The molecule has 0 aromatic heterocycles. The summed E-state index contributed by atoms with van der Waals surface area (Å²) >= 11 is 0. The Morgan fingerprint density at radius 1 is 1.44 bits per heavy atom. The van der Waals surface area contributed by atoms with Gasteiger partial charge in [0.1, 0.15) is 5.82 Å². The van der Waals surface area contributed by atoms with Crippen LogP contribution in [0.2, 0.25) is 0 Å². The third-order valence-corrected chi connectivity index (χ3v) is 2.35. The van der Waals surface area contributed by atoms with E-state index in [0.717, 1.165) is 5.56 Å². The van der Waals surface area contributed by atoms with Crippen molar-refractivity contribution in [3.63, 3.8) is 0 Å². The molecule has 1 rings (SSSR count). The highest BCUT2D eigenvalue weighted by Crippen LogP contribution is 2.09. The molecule has 4 heteroatoms. The van der Waals surface area contributed by atoms with Crippen molar-refractivity contribution >= 4 is 5.91 Å². The summed E-state index contributed by atoms with van der Waals surface area (Å²) in [6.45, 7) is 7.42. The lowest BCUT2D eigenvalue weighted by atomic mass is 10.1. The quantitative estimate of drug-likeness (QED) is 0.791. The molecule has 0 aliphatic carbocycles. The molecule has 0 atom stereocenters. The average molecular weight is 253 g/mol. The van der Waals surface area contributed by atoms with E-state index < -0.39 is 11.7 Å². The zero-order valence-corrected chi connectivity index (χ0v) is 11.1. The second kappa shape index (κ2) is 7.11. The van der Waals surface area contributed by atoms with Gasteiger partial charge in [-0.15, -0.1) is 0 Å². The minimum Gasteiger partial charge on any atom is -0.379 e. The van der Waals surface area contributed by atoms with Gasteiger partial charge < -0.3 is 10.1 Å². The molecule has 1 amide bonds. The van der Waals surface area contributed by atoms with E-state index in [9.17, 15) is 9.18 Å². The SMILES string of the molecule is Cc1ccc(F)c(C(=O)NCCOCC(C)C)c1. The van der Waals surface area contributed by atoms with Gasteiger partial charge in [0, 0.05) is 13.2 Å². The fourth-order valence-electron chi connectivity index (χ4n) is 1.46. The smallest absolute Gasteiger partial charge is 0.254 e. The third-order valence-electron chi connectivity index (χ3n) is 2.35. The van der Waals surface area contributed by atoms with Crippen LogP contribution in [0.1, 0.15) is 29.8 Å². The van der Waals surface area contributed by atoms with E-state index in [1.807, 2.05) is 6.92 Å². The van der Waals surface area contributed by atoms with Gasteiger partial charge in [-0.2, -0.15) is 0 Å². The van der Waals surface area contributed by atoms with Crippen LogP contribution in [0.4, 0.5) is 4.39 Å². The Labute approximate surface area is 107 Å². The highest BCUT2D eigenvalue weighted by molar-refractivity contribution is 5.94. The molecular weight excluding hydrogens is 233 g/mol. The van der Waals surface area contributed by atoms with Crippen molar-refractivity contribution in [3.05, 3.63) is 35.1 Å². The summed E-state index contributed by atoms with van der Waals surface area (Å²) in [5, 5.41) is 2.64. The first kappa shape index (κ1) is 14.6. The molecule has 0 aliphatic rings. The van der Waals surface area contributed by atoms with E-state index >= 15 is 0 Å². The lowest BCUT2D eigenvalue weighted by Gasteiger charge is -2.09. The molecule has 0 saturated carbocycles. The fourth-order valence-corrected chi connectivity index (χ4v) is 1.46. The third kappa shape index (κ3) is 4.84. The van der Waals surface area contributed by atoms with Crippen molar-refractivity contribution in [2.24, 2.45) is 5.92 Å². The molecule has 0 aliphatic heterocycles. The average Bonchev–Trinajstić information content (AvgIpc) is 2.31. The topological polar surface area (TPSA) is 38.3 Å². The van der Waals surface area contributed by atoms with E-state index in [1.54, 1.807) is 12.1 Å².